The summed E-state index contributed by atoms with van der Waals surface area (Å²) in [7, 11) is 0. The minimum Gasteiger partial charge on any atom is -0.445 e. The number of hydrogen-bond acceptors (Lipinski definition) is 5. The molecule has 2 aliphatic rings. The van der Waals surface area contributed by atoms with Crippen molar-refractivity contribution in [3.05, 3.63) is 71.0 Å². The van der Waals surface area contributed by atoms with E-state index < -0.39 is 0 Å². The average Bonchev–Trinajstić information content (AvgIpc) is 3.29. The van der Waals surface area contributed by atoms with Crippen molar-refractivity contribution in [1.29, 1.82) is 0 Å². The lowest BCUT2D eigenvalue weighted by atomic mass is 10.1. The van der Waals surface area contributed by atoms with Gasteiger partial charge in [0, 0.05) is 51.6 Å². The number of amides is 1. The van der Waals surface area contributed by atoms with Crippen LogP contribution in [0.5, 0.6) is 0 Å². The highest BCUT2D eigenvalue weighted by molar-refractivity contribution is 5.92. The molecule has 1 aromatic carbocycles. The first kappa shape index (κ1) is 18.1. The second-order valence-electron chi connectivity index (χ2n) is 7.68. The van der Waals surface area contributed by atoms with E-state index in [4.69, 9.17) is 4.42 Å². The van der Waals surface area contributed by atoms with Crippen LogP contribution in [0.1, 0.15) is 39.2 Å². The largest absolute Gasteiger partial charge is 0.445 e. The summed E-state index contributed by atoms with van der Waals surface area (Å²) in [6, 6.07) is 10.3. The molecule has 0 saturated carbocycles. The van der Waals surface area contributed by atoms with Crippen molar-refractivity contribution in [3.63, 3.8) is 0 Å². The molecule has 2 aliphatic heterocycles. The van der Waals surface area contributed by atoms with Gasteiger partial charge in [0.15, 0.2) is 5.89 Å². The van der Waals surface area contributed by atoms with Gasteiger partial charge < -0.3 is 19.2 Å². The topological polar surface area (TPSA) is 76.2 Å². The molecule has 0 atom stereocenters. The summed E-state index contributed by atoms with van der Waals surface area (Å²) in [5, 5.41) is 3.35. The normalized spacial score (nSPS) is 16.2. The van der Waals surface area contributed by atoms with Crippen molar-refractivity contribution in [2.75, 3.05) is 19.6 Å². The van der Waals surface area contributed by atoms with E-state index in [1.165, 1.54) is 5.56 Å². The van der Waals surface area contributed by atoms with Crippen molar-refractivity contribution in [3.8, 4) is 0 Å². The fourth-order valence-electron chi connectivity index (χ4n) is 4.07. The van der Waals surface area contributed by atoms with Crippen LogP contribution < -0.4 is 5.32 Å². The van der Waals surface area contributed by atoms with Gasteiger partial charge in [-0.2, -0.15) is 0 Å². The lowest BCUT2D eigenvalue weighted by Crippen LogP contribution is -2.36. The molecule has 0 fully saturated rings. The molecular formula is C22H25N5O2. The Kier molecular flexibility index (Phi) is 4.89. The van der Waals surface area contributed by atoms with Crippen LogP contribution in [0.4, 0.5) is 0 Å². The number of fused-ring (bicyclic) bond motifs is 2. The van der Waals surface area contributed by atoms with Crippen LogP contribution in [-0.2, 0) is 38.8 Å². The molecule has 0 unspecified atom stereocenters. The van der Waals surface area contributed by atoms with E-state index >= 15 is 0 Å². The lowest BCUT2D eigenvalue weighted by molar-refractivity contribution is 0.0722. The van der Waals surface area contributed by atoms with Crippen molar-refractivity contribution >= 4 is 5.91 Å². The maximum Gasteiger partial charge on any atom is 0.274 e. The van der Waals surface area contributed by atoms with Gasteiger partial charge in [-0.3, -0.25) is 4.79 Å². The summed E-state index contributed by atoms with van der Waals surface area (Å²) >= 11 is 0. The molecule has 0 saturated heterocycles. The molecule has 0 radical (unpaired) electrons. The van der Waals surface area contributed by atoms with Gasteiger partial charge in [0.2, 0.25) is 0 Å². The van der Waals surface area contributed by atoms with Crippen LogP contribution in [-0.4, -0.2) is 45.0 Å². The van der Waals surface area contributed by atoms with Crippen LogP contribution in [0, 0.1) is 0 Å². The third-order valence-corrected chi connectivity index (χ3v) is 5.66. The van der Waals surface area contributed by atoms with Crippen molar-refractivity contribution in [2.24, 2.45) is 0 Å². The van der Waals surface area contributed by atoms with Gasteiger partial charge in [0.25, 0.3) is 5.91 Å². The predicted molar refractivity (Wildman–Crippen MR) is 108 cm³/mol. The SMILES string of the molecule is O=C(c1cn2c(n1)CCNCC2)N1CCc2oc(CCc3ccccc3)nc2C1. The van der Waals surface area contributed by atoms with E-state index in [-0.39, 0.29) is 5.91 Å². The van der Waals surface area contributed by atoms with E-state index in [0.29, 0.717) is 25.2 Å². The Hall–Kier alpha value is -2.93. The van der Waals surface area contributed by atoms with E-state index in [1.54, 1.807) is 0 Å². The molecular weight excluding hydrogens is 366 g/mol. The van der Waals surface area contributed by atoms with Crippen LogP contribution in [0.25, 0.3) is 0 Å². The molecule has 0 bridgehead atoms. The smallest absolute Gasteiger partial charge is 0.274 e. The lowest BCUT2D eigenvalue weighted by Gasteiger charge is -2.24. The summed E-state index contributed by atoms with van der Waals surface area (Å²) in [6.07, 6.45) is 5.13. The highest BCUT2D eigenvalue weighted by Crippen LogP contribution is 2.22. The van der Waals surface area contributed by atoms with Gasteiger partial charge in [0.05, 0.1) is 6.54 Å². The zero-order valence-corrected chi connectivity index (χ0v) is 16.4. The zero-order chi connectivity index (χ0) is 19.6. The second kappa shape index (κ2) is 7.83. The summed E-state index contributed by atoms with van der Waals surface area (Å²) in [5.41, 5.74) is 2.70. The third-order valence-electron chi connectivity index (χ3n) is 5.66. The maximum atomic E-state index is 13.0. The standard InChI is InChI=1S/C22H25N5O2/c28-22(18-15-26-13-11-23-10-8-20(26)24-18)27-12-9-19-17(14-27)25-21(29-19)7-6-16-4-2-1-3-5-16/h1-5,15,23H,6-14H2. The Morgan fingerprint density at radius 2 is 1.97 bits per heavy atom. The Balaban J connectivity index is 1.26. The first-order valence-corrected chi connectivity index (χ1v) is 10.3. The van der Waals surface area contributed by atoms with E-state index in [9.17, 15) is 4.79 Å². The van der Waals surface area contributed by atoms with Crippen molar-refractivity contribution in [2.45, 2.75) is 38.8 Å². The number of oxazole rings is 1. The first-order valence-electron chi connectivity index (χ1n) is 10.3. The summed E-state index contributed by atoms with van der Waals surface area (Å²) in [5.74, 6) is 2.65. The van der Waals surface area contributed by atoms with Gasteiger partial charge in [-0.15, -0.1) is 0 Å². The predicted octanol–water partition coefficient (Wildman–Crippen LogP) is 2.00. The van der Waals surface area contributed by atoms with Gasteiger partial charge >= 0.3 is 0 Å². The minimum absolute atomic E-state index is 0.0157. The second-order valence-corrected chi connectivity index (χ2v) is 7.68. The Bertz CT molecular complexity index is 984. The molecule has 7 heteroatoms. The molecule has 7 nitrogen and oxygen atoms in total. The van der Waals surface area contributed by atoms with Gasteiger partial charge in [-0.05, 0) is 12.0 Å². The number of imidazole rings is 1. The molecule has 0 aliphatic carbocycles. The molecule has 3 aromatic rings. The zero-order valence-electron chi connectivity index (χ0n) is 16.4. The molecule has 1 N–H and O–H groups in total. The highest BCUT2D eigenvalue weighted by Gasteiger charge is 2.28. The highest BCUT2D eigenvalue weighted by atomic mass is 16.4. The number of hydrogen-bond donors (Lipinski definition) is 1. The Morgan fingerprint density at radius 3 is 2.86 bits per heavy atom. The van der Waals surface area contributed by atoms with Gasteiger partial charge in [-0.25, -0.2) is 9.97 Å². The number of nitrogens with zero attached hydrogens (tertiary/aromatic N) is 4. The molecule has 150 valence electrons. The number of nitrogens with one attached hydrogen (secondary N) is 1. The van der Waals surface area contributed by atoms with Crippen LogP contribution in [0.2, 0.25) is 0 Å². The van der Waals surface area contributed by atoms with Crippen LogP contribution in [0.3, 0.4) is 0 Å². The van der Waals surface area contributed by atoms with E-state index in [0.717, 1.165) is 62.1 Å². The van der Waals surface area contributed by atoms with E-state index in [1.807, 2.05) is 29.3 Å². The number of rotatable bonds is 4. The summed E-state index contributed by atoms with van der Waals surface area (Å²) < 4.78 is 8.06. The molecule has 29 heavy (non-hydrogen) atoms. The molecule has 5 rings (SSSR count). The fraction of sp³-hybridized carbons (Fsp3) is 0.409. The minimum atomic E-state index is -0.0157. The Labute approximate surface area is 169 Å². The van der Waals surface area contributed by atoms with Gasteiger partial charge in [-0.1, -0.05) is 30.3 Å². The average molecular weight is 391 g/mol. The quantitative estimate of drug-likeness (QED) is 0.736. The third kappa shape index (κ3) is 3.82. The summed E-state index contributed by atoms with van der Waals surface area (Å²) in [4.78, 5) is 24.1. The number of aryl methyl sites for hydroxylation is 2. The number of carbonyl (C=O) groups excluding carboxylic acids is 1. The fourth-order valence-corrected chi connectivity index (χ4v) is 4.07. The van der Waals surface area contributed by atoms with Crippen molar-refractivity contribution in [1.82, 2.24) is 24.8 Å². The number of aromatic nitrogens is 3. The molecule has 1 amide bonds. The van der Waals surface area contributed by atoms with Crippen LogP contribution in [0.15, 0.2) is 40.9 Å². The maximum absolute atomic E-state index is 13.0. The molecule has 4 heterocycles. The first-order chi connectivity index (χ1) is 14.3. The van der Waals surface area contributed by atoms with Crippen molar-refractivity contribution < 1.29 is 9.21 Å². The monoisotopic (exact) mass is 391 g/mol. The van der Waals surface area contributed by atoms with Crippen LogP contribution >= 0.6 is 0 Å². The van der Waals surface area contributed by atoms with Gasteiger partial charge in [0.1, 0.15) is 23.0 Å². The molecule has 0 spiro atoms. The number of carbonyl (C=O) groups is 1. The molecule has 2 aromatic heterocycles. The summed E-state index contributed by atoms with van der Waals surface area (Å²) in [6.45, 7) is 3.81. The number of benzene rings is 1. The van der Waals surface area contributed by atoms with E-state index in [2.05, 4.69) is 32.0 Å². The Morgan fingerprint density at radius 1 is 1.07 bits per heavy atom.